The van der Waals surface area contributed by atoms with Gasteiger partial charge in [-0.15, -0.1) is 0 Å². The predicted octanol–water partition coefficient (Wildman–Crippen LogP) is 2.37. The summed E-state index contributed by atoms with van der Waals surface area (Å²) < 4.78 is 1.14. The van der Waals surface area contributed by atoms with Crippen LogP contribution >= 0.6 is 31.9 Å². The summed E-state index contributed by atoms with van der Waals surface area (Å²) >= 11 is 6.46. The molecule has 1 heterocycles. The third kappa shape index (κ3) is 3.68. The molecule has 0 aromatic carbocycles. The minimum Gasteiger partial charge on any atom is -0.349 e. The molecule has 0 unspecified atom stereocenters. The predicted molar refractivity (Wildman–Crippen MR) is 70.9 cm³/mol. The Kier molecular flexibility index (Phi) is 4.90. The molecule has 1 rings (SSSR count). The molecule has 0 aliphatic rings. The van der Waals surface area contributed by atoms with Crippen molar-refractivity contribution in [1.29, 1.82) is 5.26 Å². The molecule has 90 valence electrons. The Morgan fingerprint density at radius 2 is 2.24 bits per heavy atom. The molecule has 1 aromatic heterocycles. The quantitative estimate of drug-likeness (QED) is 0.640. The summed E-state index contributed by atoms with van der Waals surface area (Å²) in [6, 6.07) is 1.85. The molecule has 0 aliphatic carbocycles. The van der Waals surface area contributed by atoms with E-state index in [1.54, 1.807) is 0 Å². The number of amides is 1. The Morgan fingerprint density at radius 3 is 2.65 bits per heavy atom. The second-order valence-corrected chi connectivity index (χ2v) is 5.08. The molecule has 1 amide bonds. The van der Waals surface area contributed by atoms with Gasteiger partial charge in [0.15, 0.2) is 0 Å². The molecular weight excluding hydrogens is 352 g/mol. The Balaban J connectivity index is 3.04. The maximum Gasteiger partial charge on any atom is 0.262 e. The number of halogens is 2. The van der Waals surface area contributed by atoms with Crippen LogP contribution < -0.4 is 5.32 Å². The lowest BCUT2D eigenvalue weighted by atomic mass is 10.2. The normalized spacial score (nSPS) is 11.4. The molecule has 5 nitrogen and oxygen atoms in total. The molecule has 0 fully saturated rings. The van der Waals surface area contributed by atoms with Crippen LogP contribution in [-0.2, 0) is 4.79 Å². The van der Waals surface area contributed by atoms with Gasteiger partial charge in [0.25, 0.3) is 5.91 Å². The molecule has 0 saturated heterocycles. The zero-order valence-corrected chi connectivity index (χ0v) is 12.4. The lowest BCUT2D eigenvalue weighted by molar-refractivity contribution is -0.117. The van der Waals surface area contributed by atoms with Crippen molar-refractivity contribution in [3.8, 4) is 6.07 Å². The van der Waals surface area contributed by atoms with E-state index < -0.39 is 5.91 Å². The molecule has 0 atom stereocenters. The average Bonchev–Trinajstić information content (AvgIpc) is 2.55. The van der Waals surface area contributed by atoms with Crippen LogP contribution in [-0.4, -0.2) is 22.1 Å². The number of hydrogen-bond donors (Lipinski definition) is 2. The number of aromatic amines is 1. The second-order valence-electron chi connectivity index (χ2n) is 3.54. The first-order valence-electron chi connectivity index (χ1n) is 4.77. The molecular formula is C10H10Br2N4O. The molecule has 1 aromatic rings. The highest BCUT2D eigenvalue weighted by Gasteiger charge is 2.13. The van der Waals surface area contributed by atoms with Crippen molar-refractivity contribution in [3.05, 3.63) is 20.3 Å². The number of nitrogens with zero attached hydrogens (tertiary/aromatic N) is 2. The number of H-pyrrole nitrogens is 1. The summed E-state index contributed by atoms with van der Waals surface area (Å²) in [6.07, 6.45) is 1.47. The number of carbonyl (C=O) groups excluding carboxylic acids is 1. The van der Waals surface area contributed by atoms with Gasteiger partial charge in [-0.2, -0.15) is 10.4 Å². The van der Waals surface area contributed by atoms with Gasteiger partial charge in [-0.05, 0) is 51.8 Å². The third-order valence-corrected chi connectivity index (χ3v) is 2.99. The second kappa shape index (κ2) is 5.98. The van der Waals surface area contributed by atoms with Crippen LogP contribution in [0.3, 0.4) is 0 Å². The van der Waals surface area contributed by atoms with E-state index in [0.29, 0.717) is 14.8 Å². The van der Waals surface area contributed by atoms with Crippen LogP contribution in [0.25, 0.3) is 6.08 Å². The summed E-state index contributed by atoms with van der Waals surface area (Å²) in [5.41, 5.74) is 0.655. The zero-order valence-electron chi connectivity index (χ0n) is 9.21. The molecule has 0 radical (unpaired) electrons. The first kappa shape index (κ1) is 13.9. The molecule has 17 heavy (non-hydrogen) atoms. The van der Waals surface area contributed by atoms with E-state index in [4.69, 9.17) is 5.26 Å². The van der Waals surface area contributed by atoms with Gasteiger partial charge in [0.05, 0.1) is 0 Å². The highest BCUT2D eigenvalue weighted by atomic mass is 79.9. The van der Waals surface area contributed by atoms with E-state index in [-0.39, 0.29) is 11.6 Å². The van der Waals surface area contributed by atoms with Crippen LogP contribution in [0.2, 0.25) is 0 Å². The largest absolute Gasteiger partial charge is 0.349 e. The first-order valence-corrected chi connectivity index (χ1v) is 6.36. The van der Waals surface area contributed by atoms with E-state index in [9.17, 15) is 4.79 Å². The lowest BCUT2D eigenvalue weighted by Gasteiger charge is -2.06. The molecule has 0 spiro atoms. The van der Waals surface area contributed by atoms with Crippen LogP contribution in [0.4, 0.5) is 0 Å². The molecule has 2 N–H and O–H groups in total. The summed E-state index contributed by atoms with van der Waals surface area (Å²) in [7, 11) is 0. The fourth-order valence-electron chi connectivity index (χ4n) is 1.06. The molecule has 0 saturated carbocycles. The number of aromatic nitrogens is 2. The highest BCUT2D eigenvalue weighted by Crippen LogP contribution is 2.24. The summed E-state index contributed by atoms with van der Waals surface area (Å²) in [6.45, 7) is 3.66. The minimum atomic E-state index is -0.400. The van der Waals surface area contributed by atoms with Crippen LogP contribution in [0.15, 0.2) is 14.8 Å². The van der Waals surface area contributed by atoms with Crippen molar-refractivity contribution in [2.75, 3.05) is 0 Å². The van der Waals surface area contributed by atoms with Crippen LogP contribution in [0.1, 0.15) is 19.4 Å². The van der Waals surface area contributed by atoms with Gasteiger partial charge in [-0.25, -0.2) is 0 Å². The lowest BCUT2D eigenvalue weighted by Crippen LogP contribution is -2.30. The zero-order chi connectivity index (χ0) is 13.0. The third-order valence-electron chi connectivity index (χ3n) is 1.78. The SMILES string of the molecule is CC(C)NC(=O)C(C#N)=Cc1c(Br)n[nH]c1Br. The Labute approximate surface area is 116 Å². The van der Waals surface area contributed by atoms with Gasteiger partial charge < -0.3 is 5.32 Å². The molecule has 0 aliphatic heterocycles. The van der Waals surface area contributed by atoms with E-state index in [2.05, 4.69) is 47.4 Å². The van der Waals surface area contributed by atoms with Gasteiger partial charge in [0, 0.05) is 11.6 Å². The summed E-state index contributed by atoms with van der Waals surface area (Å²) in [4.78, 5) is 11.7. The van der Waals surface area contributed by atoms with E-state index in [1.807, 2.05) is 19.9 Å². The van der Waals surface area contributed by atoms with Gasteiger partial charge in [-0.1, -0.05) is 0 Å². The van der Waals surface area contributed by atoms with Crippen molar-refractivity contribution in [1.82, 2.24) is 15.5 Å². The number of nitriles is 1. The van der Waals surface area contributed by atoms with Crippen molar-refractivity contribution in [3.63, 3.8) is 0 Å². The van der Waals surface area contributed by atoms with Crippen molar-refractivity contribution in [2.45, 2.75) is 19.9 Å². The monoisotopic (exact) mass is 360 g/mol. The van der Waals surface area contributed by atoms with E-state index in [0.717, 1.165) is 0 Å². The smallest absolute Gasteiger partial charge is 0.262 e. The number of rotatable bonds is 3. The van der Waals surface area contributed by atoms with Crippen molar-refractivity contribution < 1.29 is 4.79 Å². The number of nitrogens with one attached hydrogen (secondary N) is 2. The van der Waals surface area contributed by atoms with Crippen molar-refractivity contribution in [2.24, 2.45) is 0 Å². The van der Waals surface area contributed by atoms with Gasteiger partial charge in [0.1, 0.15) is 20.8 Å². The fraction of sp³-hybridized carbons (Fsp3) is 0.300. The standard InChI is InChI=1S/C10H10Br2N4O/c1-5(2)14-10(17)6(4-13)3-7-8(11)15-16-9(7)12/h3,5H,1-2H3,(H,14,17)(H,15,16). The molecule has 7 heteroatoms. The number of carbonyl (C=O) groups is 1. The average molecular weight is 362 g/mol. The van der Waals surface area contributed by atoms with Crippen LogP contribution in [0, 0.1) is 11.3 Å². The maximum atomic E-state index is 11.7. The molecule has 0 bridgehead atoms. The minimum absolute atomic E-state index is 0.0181. The topological polar surface area (TPSA) is 81.6 Å². The van der Waals surface area contributed by atoms with E-state index in [1.165, 1.54) is 6.08 Å². The van der Waals surface area contributed by atoms with Crippen LogP contribution in [0.5, 0.6) is 0 Å². The van der Waals surface area contributed by atoms with Crippen molar-refractivity contribution >= 4 is 43.8 Å². The summed E-state index contributed by atoms with van der Waals surface area (Å²) in [5, 5.41) is 18.2. The van der Waals surface area contributed by atoms with Gasteiger partial charge in [0.2, 0.25) is 0 Å². The Morgan fingerprint density at radius 1 is 1.59 bits per heavy atom. The maximum absolute atomic E-state index is 11.7. The summed E-state index contributed by atoms with van der Waals surface area (Å²) in [5.74, 6) is -0.400. The van der Waals surface area contributed by atoms with Gasteiger partial charge in [-0.3, -0.25) is 9.89 Å². The Hall–Kier alpha value is -1.13. The number of hydrogen-bond acceptors (Lipinski definition) is 3. The highest BCUT2D eigenvalue weighted by molar-refractivity contribution is 9.11. The van der Waals surface area contributed by atoms with E-state index >= 15 is 0 Å². The van der Waals surface area contributed by atoms with Gasteiger partial charge >= 0.3 is 0 Å². The Bertz CT molecular complexity index is 479. The fourth-order valence-corrected chi connectivity index (χ4v) is 2.12. The first-order chi connectivity index (χ1) is 7.95.